The fourth-order valence-corrected chi connectivity index (χ4v) is 1.88. The Morgan fingerprint density at radius 2 is 2.17 bits per heavy atom. The Morgan fingerprint density at radius 1 is 1.50 bits per heavy atom. The van der Waals surface area contributed by atoms with Gasteiger partial charge in [-0.1, -0.05) is 5.18 Å². The summed E-state index contributed by atoms with van der Waals surface area (Å²) < 4.78 is 0. The van der Waals surface area contributed by atoms with E-state index in [1.807, 2.05) is 20.1 Å². The van der Waals surface area contributed by atoms with Crippen molar-refractivity contribution in [3.8, 4) is 0 Å². The maximum absolute atomic E-state index is 10.1. The monoisotopic (exact) mass is 184 g/mol. The molecule has 1 rings (SSSR count). The second kappa shape index (κ2) is 3.76. The van der Waals surface area contributed by atoms with E-state index < -0.39 is 0 Å². The quantitative estimate of drug-likeness (QED) is 0.579. The number of rotatable bonds is 3. The van der Waals surface area contributed by atoms with Gasteiger partial charge in [-0.3, -0.25) is 0 Å². The number of aryl methyl sites for hydroxylation is 1. The van der Waals surface area contributed by atoms with Crippen LogP contribution in [0.1, 0.15) is 16.8 Å². The van der Waals surface area contributed by atoms with Crippen LogP contribution in [-0.4, -0.2) is 11.2 Å². The van der Waals surface area contributed by atoms with Crippen LogP contribution < -0.4 is 0 Å². The molecule has 12 heavy (non-hydrogen) atoms. The van der Waals surface area contributed by atoms with Crippen molar-refractivity contribution in [2.24, 2.45) is 5.18 Å². The molecule has 1 aromatic heterocycles. The Morgan fingerprint density at radius 3 is 2.67 bits per heavy atom. The van der Waals surface area contributed by atoms with E-state index in [1.165, 1.54) is 0 Å². The first-order valence-electron chi connectivity index (χ1n) is 3.71. The van der Waals surface area contributed by atoms with Gasteiger partial charge in [0.25, 0.3) is 0 Å². The summed E-state index contributed by atoms with van der Waals surface area (Å²) in [5, 5.41) is 3.97. The van der Waals surface area contributed by atoms with E-state index in [0.717, 1.165) is 21.8 Å². The molecule has 0 aliphatic carbocycles. The van der Waals surface area contributed by atoms with Crippen LogP contribution in [0.2, 0.25) is 0 Å². The summed E-state index contributed by atoms with van der Waals surface area (Å²) in [7, 11) is 0. The lowest BCUT2D eigenvalue weighted by Crippen LogP contribution is -1.83. The zero-order valence-electron chi connectivity index (χ0n) is 7.47. The van der Waals surface area contributed by atoms with Crippen LogP contribution in [0, 0.1) is 18.8 Å². The molecule has 1 heterocycles. The van der Waals surface area contributed by atoms with E-state index in [-0.39, 0.29) is 6.54 Å². The number of H-pyrrole nitrogens is 1. The average Bonchev–Trinajstić information content (AvgIpc) is 2.33. The van der Waals surface area contributed by atoms with Gasteiger partial charge in [0.05, 0.1) is 5.03 Å². The molecule has 3 nitrogen and oxygen atoms in total. The second-order valence-electron chi connectivity index (χ2n) is 2.67. The molecule has 0 aliphatic heterocycles. The largest absolute Gasteiger partial charge is 0.353 e. The number of nitrogens with one attached hydrogen (secondary N) is 1. The molecular formula is C8H12N2OS. The Labute approximate surface area is 75.9 Å². The minimum Gasteiger partial charge on any atom is -0.353 e. The smallest absolute Gasteiger partial charge is 0.109 e. The normalized spacial score (nSPS) is 10.2. The molecular weight excluding hydrogens is 172 g/mol. The van der Waals surface area contributed by atoms with Crippen molar-refractivity contribution in [2.45, 2.75) is 25.4 Å². The summed E-state index contributed by atoms with van der Waals surface area (Å²) >= 11 is 1.62. The highest BCUT2D eigenvalue weighted by atomic mass is 32.2. The van der Waals surface area contributed by atoms with E-state index in [0.29, 0.717) is 0 Å². The highest BCUT2D eigenvalue weighted by Crippen LogP contribution is 2.25. The SMILES string of the molecule is CSc1[nH]c(C)c(C)c1CN=O. The maximum Gasteiger partial charge on any atom is 0.109 e. The van der Waals surface area contributed by atoms with Crippen molar-refractivity contribution in [1.29, 1.82) is 0 Å². The van der Waals surface area contributed by atoms with Crippen molar-refractivity contribution in [3.63, 3.8) is 0 Å². The van der Waals surface area contributed by atoms with Crippen LogP contribution in [-0.2, 0) is 6.54 Å². The van der Waals surface area contributed by atoms with E-state index in [2.05, 4.69) is 10.2 Å². The van der Waals surface area contributed by atoms with Crippen LogP contribution in [0.5, 0.6) is 0 Å². The zero-order valence-corrected chi connectivity index (χ0v) is 8.29. The maximum atomic E-state index is 10.1. The van der Waals surface area contributed by atoms with Gasteiger partial charge in [-0.05, 0) is 25.7 Å². The first-order chi connectivity index (χ1) is 5.70. The number of nitrogens with zero attached hydrogens (tertiary/aromatic N) is 1. The summed E-state index contributed by atoms with van der Waals surface area (Å²) in [6.45, 7) is 4.28. The van der Waals surface area contributed by atoms with Gasteiger partial charge in [-0.2, -0.15) is 4.91 Å². The van der Waals surface area contributed by atoms with Crippen LogP contribution in [0.15, 0.2) is 10.2 Å². The molecule has 1 N–H and O–H groups in total. The third kappa shape index (κ3) is 1.53. The predicted molar refractivity (Wildman–Crippen MR) is 51.5 cm³/mol. The van der Waals surface area contributed by atoms with E-state index in [4.69, 9.17) is 0 Å². The zero-order chi connectivity index (χ0) is 9.14. The third-order valence-corrected chi connectivity index (χ3v) is 2.77. The molecule has 0 radical (unpaired) electrons. The van der Waals surface area contributed by atoms with Crippen LogP contribution in [0.4, 0.5) is 0 Å². The third-order valence-electron chi connectivity index (χ3n) is 2.02. The van der Waals surface area contributed by atoms with Crippen LogP contribution in [0.25, 0.3) is 0 Å². The molecule has 0 aromatic carbocycles. The minimum absolute atomic E-state index is 0.270. The fourth-order valence-electron chi connectivity index (χ4n) is 1.17. The van der Waals surface area contributed by atoms with Crippen molar-refractivity contribution in [1.82, 2.24) is 4.98 Å². The molecule has 66 valence electrons. The van der Waals surface area contributed by atoms with Gasteiger partial charge in [0.1, 0.15) is 6.54 Å². The Kier molecular flexibility index (Phi) is 2.92. The number of aromatic amines is 1. The summed E-state index contributed by atoms with van der Waals surface area (Å²) in [6, 6.07) is 0. The minimum atomic E-state index is 0.270. The van der Waals surface area contributed by atoms with E-state index >= 15 is 0 Å². The van der Waals surface area contributed by atoms with Crippen molar-refractivity contribution < 1.29 is 0 Å². The summed E-state index contributed by atoms with van der Waals surface area (Å²) in [4.78, 5) is 13.3. The molecule has 0 fully saturated rings. The summed E-state index contributed by atoms with van der Waals surface area (Å²) in [5.74, 6) is 0. The predicted octanol–water partition coefficient (Wildman–Crippen LogP) is 2.62. The summed E-state index contributed by atoms with van der Waals surface area (Å²) in [6.07, 6.45) is 1.99. The fraction of sp³-hybridized carbons (Fsp3) is 0.500. The van der Waals surface area contributed by atoms with Gasteiger partial charge >= 0.3 is 0 Å². The molecule has 0 bridgehead atoms. The highest BCUT2D eigenvalue weighted by Gasteiger charge is 2.10. The molecule has 0 saturated heterocycles. The van der Waals surface area contributed by atoms with Gasteiger partial charge < -0.3 is 4.98 Å². The molecule has 0 unspecified atom stereocenters. The Hall–Kier alpha value is -0.770. The highest BCUT2D eigenvalue weighted by molar-refractivity contribution is 7.98. The lowest BCUT2D eigenvalue weighted by molar-refractivity contribution is 0.989. The molecule has 1 aromatic rings. The molecule has 0 atom stereocenters. The van der Waals surface area contributed by atoms with Crippen molar-refractivity contribution >= 4 is 11.8 Å². The number of nitroso groups, excluding NO2 is 1. The lowest BCUT2D eigenvalue weighted by Gasteiger charge is -1.95. The first kappa shape index (κ1) is 9.32. The van der Waals surface area contributed by atoms with Crippen LogP contribution in [0.3, 0.4) is 0 Å². The van der Waals surface area contributed by atoms with Gasteiger partial charge in [-0.15, -0.1) is 11.8 Å². The molecule has 4 heteroatoms. The average molecular weight is 184 g/mol. The standard InChI is InChI=1S/C8H12N2OS/c1-5-6(2)10-8(12-3)7(5)4-9-11/h10H,4H2,1-3H3. The van der Waals surface area contributed by atoms with Gasteiger partial charge in [0, 0.05) is 11.3 Å². The first-order valence-corrected chi connectivity index (χ1v) is 4.94. The topological polar surface area (TPSA) is 45.2 Å². The summed E-state index contributed by atoms with van der Waals surface area (Å²) in [5.41, 5.74) is 3.31. The molecule has 0 spiro atoms. The van der Waals surface area contributed by atoms with Crippen molar-refractivity contribution in [3.05, 3.63) is 21.7 Å². The lowest BCUT2D eigenvalue weighted by atomic mass is 10.2. The number of hydrogen-bond acceptors (Lipinski definition) is 3. The van der Waals surface area contributed by atoms with Crippen LogP contribution >= 0.6 is 11.8 Å². The van der Waals surface area contributed by atoms with E-state index in [9.17, 15) is 4.91 Å². The van der Waals surface area contributed by atoms with Crippen molar-refractivity contribution in [2.75, 3.05) is 6.26 Å². The number of thioether (sulfide) groups is 1. The molecule has 0 aliphatic rings. The Balaban J connectivity index is 3.11. The van der Waals surface area contributed by atoms with E-state index in [1.54, 1.807) is 11.8 Å². The van der Waals surface area contributed by atoms with Gasteiger partial charge in [0.15, 0.2) is 0 Å². The van der Waals surface area contributed by atoms with Gasteiger partial charge in [-0.25, -0.2) is 0 Å². The number of aromatic nitrogens is 1. The van der Waals surface area contributed by atoms with Gasteiger partial charge in [0.2, 0.25) is 0 Å². The second-order valence-corrected chi connectivity index (χ2v) is 3.49. The Bertz CT molecular complexity index is 293. The molecule has 0 saturated carbocycles. The molecule has 0 amide bonds. The number of hydrogen-bond donors (Lipinski definition) is 1.